The highest BCUT2D eigenvalue weighted by Gasteiger charge is 2.29. The summed E-state index contributed by atoms with van der Waals surface area (Å²) >= 11 is 0. The zero-order valence-electron chi connectivity index (χ0n) is 7.53. The van der Waals surface area contributed by atoms with Gasteiger partial charge >= 0.3 is 0 Å². The van der Waals surface area contributed by atoms with Gasteiger partial charge < -0.3 is 9.47 Å². The van der Waals surface area contributed by atoms with Gasteiger partial charge in [-0.25, -0.2) is 0 Å². The summed E-state index contributed by atoms with van der Waals surface area (Å²) in [6, 6.07) is 0. The molecule has 0 aromatic carbocycles. The van der Waals surface area contributed by atoms with Gasteiger partial charge in [0.1, 0.15) is 0 Å². The van der Waals surface area contributed by atoms with Gasteiger partial charge in [0.25, 0.3) is 0 Å². The fraction of sp³-hybridized carbons (Fsp3) is 0.800. The average molecular weight is 168 g/mol. The summed E-state index contributed by atoms with van der Waals surface area (Å²) in [5, 5.41) is 0. The van der Waals surface area contributed by atoms with E-state index in [1.165, 1.54) is 12.8 Å². The van der Waals surface area contributed by atoms with Crippen molar-refractivity contribution in [3.8, 4) is 0 Å². The molecule has 1 saturated heterocycles. The summed E-state index contributed by atoms with van der Waals surface area (Å²) in [6.07, 6.45) is 8.37. The number of ether oxygens (including phenoxy) is 2. The van der Waals surface area contributed by atoms with E-state index in [0.29, 0.717) is 12.0 Å². The maximum Gasteiger partial charge on any atom is 0.161 e. The molecule has 3 atom stereocenters. The van der Waals surface area contributed by atoms with Crippen LogP contribution < -0.4 is 0 Å². The highest BCUT2D eigenvalue weighted by atomic mass is 16.7. The summed E-state index contributed by atoms with van der Waals surface area (Å²) in [5.41, 5.74) is 0. The summed E-state index contributed by atoms with van der Waals surface area (Å²) in [7, 11) is 0. The lowest BCUT2D eigenvalue weighted by molar-refractivity contribution is -0.0959. The van der Waals surface area contributed by atoms with Gasteiger partial charge in [-0.15, -0.1) is 0 Å². The highest BCUT2D eigenvalue weighted by molar-refractivity contribution is 4.91. The van der Waals surface area contributed by atoms with Gasteiger partial charge in [0.15, 0.2) is 6.29 Å². The lowest BCUT2D eigenvalue weighted by Crippen LogP contribution is -2.22. The van der Waals surface area contributed by atoms with Crippen LogP contribution in [0.5, 0.6) is 0 Å². The summed E-state index contributed by atoms with van der Waals surface area (Å²) < 4.78 is 11.2. The third kappa shape index (κ3) is 1.70. The molecule has 0 aromatic heterocycles. The Morgan fingerprint density at radius 2 is 2.25 bits per heavy atom. The van der Waals surface area contributed by atoms with E-state index in [1.807, 2.05) is 0 Å². The maximum absolute atomic E-state index is 5.64. The predicted octanol–water partition coefficient (Wildman–Crippen LogP) is 2.10. The van der Waals surface area contributed by atoms with Crippen LogP contribution >= 0.6 is 0 Å². The molecule has 1 fully saturated rings. The SMILES string of the molecule is C[C@@H]1CO[C@@H]([C@@H]2CC=CCC2)O1. The molecule has 0 N–H and O–H groups in total. The van der Waals surface area contributed by atoms with Crippen LogP contribution in [0.25, 0.3) is 0 Å². The van der Waals surface area contributed by atoms with Crippen LogP contribution in [-0.2, 0) is 9.47 Å². The van der Waals surface area contributed by atoms with Crippen molar-refractivity contribution < 1.29 is 9.47 Å². The first-order valence-corrected chi connectivity index (χ1v) is 4.78. The van der Waals surface area contributed by atoms with E-state index in [4.69, 9.17) is 9.47 Å². The topological polar surface area (TPSA) is 18.5 Å². The van der Waals surface area contributed by atoms with E-state index in [1.54, 1.807) is 0 Å². The molecule has 68 valence electrons. The molecule has 0 bridgehead atoms. The third-order valence-corrected chi connectivity index (χ3v) is 2.56. The van der Waals surface area contributed by atoms with Crippen LogP contribution in [-0.4, -0.2) is 19.0 Å². The van der Waals surface area contributed by atoms with Gasteiger partial charge in [0.2, 0.25) is 0 Å². The Kier molecular flexibility index (Phi) is 2.47. The molecule has 2 heteroatoms. The standard InChI is InChI=1S/C10H16O2/c1-8-7-11-10(12-8)9-5-3-2-4-6-9/h2-3,8-10H,4-7H2,1H3/t8-,9-,10-/m1/s1. The molecule has 0 aromatic rings. The van der Waals surface area contributed by atoms with Crippen LogP contribution in [0.2, 0.25) is 0 Å². The predicted molar refractivity (Wildman–Crippen MR) is 46.8 cm³/mol. The smallest absolute Gasteiger partial charge is 0.161 e. The molecule has 0 spiro atoms. The molecular weight excluding hydrogens is 152 g/mol. The van der Waals surface area contributed by atoms with Crippen molar-refractivity contribution in [2.75, 3.05) is 6.61 Å². The zero-order valence-corrected chi connectivity index (χ0v) is 7.53. The van der Waals surface area contributed by atoms with Crippen LogP contribution in [0.3, 0.4) is 0 Å². The van der Waals surface area contributed by atoms with Crippen LogP contribution in [0.15, 0.2) is 12.2 Å². The molecule has 0 radical (unpaired) electrons. The first kappa shape index (κ1) is 8.27. The lowest BCUT2D eigenvalue weighted by atomic mass is 9.94. The molecule has 1 aliphatic heterocycles. The van der Waals surface area contributed by atoms with Gasteiger partial charge in [-0.3, -0.25) is 0 Å². The van der Waals surface area contributed by atoms with Crippen LogP contribution in [0.4, 0.5) is 0 Å². The largest absolute Gasteiger partial charge is 0.350 e. The van der Waals surface area contributed by atoms with Crippen molar-refractivity contribution >= 4 is 0 Å². The molecule has 1 aliphatic carbocycles. The minimum atomic E-state index is 0.0740. The number of rotatable bonds is 1. The zero-order chi connectivity index (χ0) is 8.39. The first-order valence-electron chi connectivity index (χ1n) is 4.78. The third-order valence-electron chi connectivity index (χ3n) is 2.56. The second-order valence-corrected chi connectivity index (χ2v) is 3.69. The van der Waals surface area contributed by atoms with Gasteiger partial charge in [-0.1, -0.05) is 12.2 Å². The molecule has 0 amide bonds. The van der Waals surface area contributed by atoms with Gasteiger partial charge in [-0.2, -0.15) is 0 Å². The molecule has 12 heavy (non-hydrogen) atoms. The van der Waals surface area contributed by atoms with Gasteiger partial charge in [0, 0.05) is 5.92 Å². The Labute approximate surface area is 73.5 Å². The summed E-state index contributed by atoms with van der Waals surface area (Å²) in [5.74, 6) is 0.597. The molecule has 0 saturated carbocycles. The summed E-state index contributed by atoms with van der Waals surface area (Å²) in [6.45, 7) is 2.84. The second kappa shape index (κ2) is 3.58. The lowest BCUT2D eigenvalue weighted by Gasteiger charge is -2.22. The fourth-order valence-corrected chi connectivity index (χ4v) is 1.85. The van der Waals surface area contributed by atoms with E-state index in [9.17, 15) is 0 Å². The Balaban J connectivity index is 1.88. The van der Waals surface area contributed by atoms with Crippen molar-refractivity contribution in [2.24, 2.45) is 5.92 Å². The van der Waals surface area contributed by atoms with E-state index < -0.39 is 0 Å². The quantitative estimate of drug-likeness (QED) is 0.558. The first-order chi connectivity index (χ1) is 5.86. The van der Waals surface area contributed by atoms with Crippen LogP contribution in [0.1, 0.15) is 26.2 Å². The monoisotopic (exact) mass is 168 g/mol. The van der Waals surface area contributed by atoms with Crippen LogP contribution in [0, 0.1) is 5.92 Å². The normalized spacial score (nSPS) is 41.9. The van der Waals surface area contributed by atoms with Crippen molar-refractivity contribution in [2.45, 2.75) is 38.6 Å². The van der Waals surface area contributed by atoms with E-state index in [-0.39, 0.29) is 6.29 Å². The summed E-state index contributed by atoms with van der Waals surface area (Å²) in [4.78, 5) is 0. The molecule has 1 heterocycles. The minimum Gasteiger partial charge on any atom is -0.350 e. The number of hydrogen-bond acceptors (Lipinski definition) is 2. The molecule has 2 aliphatic rings. The molecule has 2 nitrogen and oxygen atoms in total. The van der Waals surface area contributed by atoms with E-state index in [0.717, 1.165) is 13.0 Å². The second-order valence-electron chi connectivity index (χ2n) is 3.69. The van der Waals surface area contributed by atoms with Gasteiger partial charge in [-0.05, 0) is 26.2 Å². The maximum atomic E-state index is 5.64. The Bertz CT molecular complexity index is 177. The van der Waals surface area contributed by atoms with Gasteiger partial charge in [0.05, 0.1) is 12.7 Å². The van der Waals surface area contributed by atoms with E-state index >= 15 is 0 Å². The minimum absolute atomic E-state index is 0.0740. The molecule has 2 rings (SSSR count). The van der Waals surface area contributed by atoms with Crippen molar-refractivity contribution in [3.05, 3.63) is 12.2 Å². The molecular formula is C10H16O2. The van der Waals surface area contributed by atoms with Crippen molar-refractivity contribution in [1.29, 1.82) is 0 Å². The Morgan fingerprint density at radius 1 is 1.33 bits per heavy atom. The van der Waals surface area contributed by atoms with E-state index in [2.05, 4.69) is 19.1 Å². The van der Waals surface area contributed by atoms with Crippen molar-refractivity contribution in [1.82, 2.24) is 0 Å². The Hall–Kier alpha value is -0.340. The molecule has 0 unspecified atom stereocenters. The number of allylic oxidation sites excluding steroid dienone is 2. The van der Waals surface area contributed by atoms with Crippen molar-refractivity contribution in [3.63, 3.8) is 0 Å². The number of hydrogen-bond donors (Lipinski definition) is 0. The average Bonchev–Trinajstić information content (AvgIpc) is 2.54. The Morgan fingerprint density at radius 3 is 2.83 bits per heavy atom. The highest BCUT2D eigenvalue weighted by Crippen LogP contribution is 2.28. The fourth-order valence-electron chi connectivity index (χ4n) is 1.85.